The fourth-order valence-electron chi connectivity index (χ4n) is 4.15. The summed E-state index contributed by atoms with van der Waals surface area (Å²) in [6.45, 7) is 0.471. The molecule has 0 aliphatic carbocycles. The number of piperidine rings is 1. The van der Waals surface area contributed by atoms with Gasteiger partial charge < -0.3 is 14.6 Å². The molecule has 1 unspecified atom stereocenters. The summed E-state index contributed by atoms with van der Waals surface area (Å²) in [7, 11) is -0.328. The molecule has 0 radical (unpaired) electrons. The molecule has 1 fully saturated rings. The minimum absolute atomic E-state index is 0.192. The third kappa shape index (κ3) is 4.97. The zero-order valence-corrected chi connectivity index (χ0v) is 19.8. The molecular formula is C24H27FN4O4S. The number of rotatable bonds is 7. The third-order valence-electron chi connectivity index (χ3n) is 6.11. The van der Waals surface area contributed by atoms with E-state index in [1.54, 1.807) is 41.2 Å². The van der Waals surface area contributed by atoms with Gasteiger partial charge in [-0.25, -0.2) is 17.8 Å². The van der Waals surface area contributed by atoms with Crippen molar-refractivity contribution in [3.05, 3.63) is 78.1 Å². The molecule has 0 spiro atoms. The van der Waals surface area contributed by atoms with Crippen molar-refractivity contribution >= 4 is 15.9 Å². The average molecular weight is 487 g/mol. The Morgan fingerprint density at radius 1 is 1.18 bits per heavy atom. The standard InChI is InChI=1S/C24H27FN4O4S/c1-28-15-12-26-23(28)22(18-4-3-5-19(25)16-18)27-24(30)17-10-13-29(14-11-17)34(31,32)21-8-6-20(33-2)7-9-21/h3-9,12,15-17,22H,10-11,13-14H2,1-2H3,(H,27,30). The molecule has 1 aromatic heterocycles. The number of imidazole rings is 1. The summed E-state index contributed by atoms with van der Waals surface area (Å²) < 4.78 is 48.1. The van der Waals surface area contributed by atoms with Crippen LogP contribution in [0.4, 0.5) is 4.39 Å². The molecule has 8 nitrogen and oxygen atoms in total. The highest BCUT2D eigenvalue weighted by molar-refractivity contribution is 7.89. The van der Waals surface area contributed by atoms with Crippen LogP contribution in [-0.4, -0.2) is 48.4 Å². The quantitative estimate of drug-likeness (QED) is 0.554. The summed E-state index contributed by atoms with van der Waals surface area (Å²) in [5.74, 6) is 0.189. The topological polar surface area (TPSA) is 93.5 Å². The highest BCUT2D eigenvalue weighted by Gasteiger charge is 2.33. The van der Waals surface area contributed by atoms with Crippen LogP contribution in [0.3, 0.4) is 0 Å². The maximum absolute atomic E-state index is 13.9. The first kappa shape index (κ1) is 23.9. The summed E-state index contributed by atoms with van der Waals surface area (Å²) in [5.41, 5.74) is 0.585. The molecule has 1 atom stereocenters. The van der Waals surface area contributed by atoms with Crippen molar-refractivity contribution in [3.8, 4) is 5.75 Å². The van der Waals surface area contributed by atoms with Crippen molar-refractivity contribution in [2.45, 2.75) is 23.8 Å². The Morgan fingerprint density at radius 3 is 2.47 bits per heavy atom. The van der Waals surface area contributed by atoms with Crippen LogP contribution in [0.15, 0.2) is 65.8 Å². The zero-order chi connectivity index (χ0) is 24.3. The number of methoxy groups -OCH3 is 1. The van der Waals surface area contributed by atoms with Crippen molar-refractivity contribution in [3.63, 3.8) is 0 Å². The number of hydrogen-bond acceptors (Lipinski definition) is 5. The fourth-order valence-corrected chi connectivity index (χ4v) is 5.62. The van der Waals surface area contributed by atoms with Gasteiger partial charge >= 0.3 is 0 Å². The lowest BCUT2D eigenvalue weighted by molar-refractivity contribution is -0.126. The first-order valence-corrected chi connectivity index (χ1v) is 12.4. The Labute approximate surface area is 198 Å². The minimum atomic E-state index is -3.66. The molecule has 0 saturated carbocycles. The number of nitrogens with one attached hydrogen (secondary N) is 1. The van der Waals surface area contributed by atoms with Gasteiger partial charge in [-0.3, -0.25) is 4.79 Å². The number of ether oxygens (including phenoxy) is 1. The summed E-state index contributed by atoms with van der Waals surface area (Å²) in [4.78, 5) is 17.7. The van der Waals surface area contributed by atoms with Gasteiger partial charge in [0.1, 0.15) is 23.4 Å². The molecule has 4 rings (SSSR count). The van der Waals surface area contributed by atoms with E-state index < -0.39 is 21.9 Å². The van der Waals surface area contributed by atoms with Gasteiger partial charge in [0.2, 0.25) is 15.9 Å². The number of aromatic nitrogens is 2. The highest BCUT2D eigenvalue weighted by atomic mass is 32.2. The lowest BCUT2D eigenvalue weighted by atomic mass is 9.96. The number of sulfonamides is 1. The molecule has 2 heterocycles. The normalized spacial score (nSPS) is 16.2. The second kappa shape index (κ2) is 9.94. The molecular weight excluding hydrogens is 459 g/mol. The van der Waals surface area contributed by atoms with Crippen LogP contribution in [0.25, 0.3) is 0 Å². The molecule has 1 N–H and O–H groups in total. The Hall–Kier alpha value is -3.24. The van der Waals surface area contributed by atoms with Crippen molar-refractivity contribution < 1.29 is 22.3 Å². The van der Waals surface area contributed by atoms with E-state index >= 15 is 0 Å². The molecule has 1 saturated heterocycles. The van der Waals surface area contributed by atoms with Crippen LogP contribution in [-0.2, 0) is 21.9 Å². The van der Waals surface area contributed by atoms with Crippen molar-refractivity contribution in [1.29, 1.82) is 0 Å². The van der Waals surface area contributed by atoms with Crippen LogP contribution in [0.5, 0.6) is 5.75 Å². The van der Waals surface area contributed by atoms with E-state index in [2.05, 4.69) is 10.3 Å². The van der Waals surface area contributed by atoms with Crippen molar-refractivity contribution in [2.24, 2.45) is 13.0 Å². The van der Waals surface area contributed by atoms with Gasteiger partial charge in [0.05, 0.1) is 12.0 Å². The Bertz CT molecular complexity index is 1250. The van der Waals surface area contributed by atoms with Gasteiger partial charge in [0.15, 0.2) is 0 Å². The maximum Gasteiger partial charge on any atom is 0.243 e. The van der Waals surface area contributed by atoms with Gasteiger partial charge in [-0.2, -0.15) is 4.31 Å². The largest absolute Gasteiger partial charge is 0.497 e. The molecule has 3 aromatic rings. The summed E-state index contributed by atoms with van der Waals surface area (Å²) in [5, 5.41) is 3.00. The lowest BCUT2D eigenvalue weighted by Gasteiger charge is -2.31. The monoisotopic (exact) mass is 486 g/mol. The van der Waals surface area contributed by atoms with Crippen molar-refractivity contribution in [1.82, 2.24) is 19.2 Å². The van der Waals surface area contributed by atoms with Crippen LogP contribution in [0.2, 0.25) is 0 Å². The molecule has 0 bridgehead atoms. The molecule has 1 aliphatic rings. The van der Waals surface area contributed by atoms with E-state index in [-0.39, 0.29) is 29.8 Å². The van der Waals surface area contributed by atoms with E-state index in [4.69, 9.17) is 4.74 Å². The van der Waals surface area contributed by atoms with Gasteiger partial charge in [-0.15, -0.1) is 0 Å². The van der Waals surface area contributed by atoms with Gasteiger partial charge in [-0.1, -0.05) is 12.1 Å². The molecule has 1 aliphatic heterocycles. The molecule has 1 amide bonds. The van der Waals surface area contributed by atoms with Crippen LogP contribution >= 0.6 is 0 Å². The predicted octanol–water partition coefficient (Wildman–Crippen LogP) is 2.87. The number of nitrogens with zero attached hydrogens (tertiary/aromatic N) is 3. The minimum Gasteiger partial charge on any atom is -0.497 e. The number of hydrogen-bond donors (Lipinski definition) is 1. The second-order valence-electron chi connectivity index (χ2n) is 8.25. The summed E-state index contributed by atoms with van der Waals surface area (Å²) in [6.07, 6.45) is 4.15. The van der Waals surface area contributed by atoms with E-state index in [1.807, 2.05) is 7.05 Å². The average Bonchev–Trinajstić information content (AvgIpc) is 3.28. The van der Waals surface area contributed by atoms with E-state index in [1.165, 1.54) is 35.7 Å². The molecule has 10 heteroatoms. The predicted molar refractivity (Wildman–Crippen MR) is 124 cm³/mol. The van der Waals surface area contributed by atoms with Crippen LogP contribution in [0.1, 0.15) is 30.3 Å². The number of carbonyl (C=O) groups is 1. The summed E-state index contributed by atoms with van der Waals surface area (Å²) in [6, 6.07) is 11.7. The number of benzene rings is 2. The molecule has 34 heavy (non-hydrogen) atoms. The van der Waals surface area contributed by atoms with Crippen LogP contribution in [0, 0.1) is 11.7 Å². The lowest BCUT2D eigenvalue weighted by Crippen LogP contribution is -2.44. The Morgan fingerprint density at radius 2 is 1.88 bits per heavy atom. The number of aryl methyl sites for hydroxylation is 1. The first-order chi connectivity index (χ1) is 16.3. The second-order valence-corrected chi connectivity index (χ2v) is 10.2. The summed E-state index contributed by atoms with van der Waals surface area (Å²) >= 11 is 0. The SMILES string of the molecule is COc1ccc(S(=O)(=O)N2CCC(C(=O)NC(c3cccc(F)c3)c3nccn3C)CC2)cc1. The molecule has 180 valence electrons. The first-order valence-electron chi connectivity index (χ1n) is 11.0. The van der Waals surface area contributed by atoms with E-state index in [0.29, 0.717) is 30.0 Å². The van der Waals surface area contributed by atoms with E-state index in [9.17, 15) is 17.6 Å². The van der Waals surface area contributed by atoms with Gasteiger partial charge in [0, 0.05) is 38.4 Å². The highest BCUT2D eigenvalue weighted by Crippen LogP contribution is 2.27. The number of halogens is 1. The van der Waals surface area contributed by atoms with Gasteiger partial charge in [-0.05, 0) is 54.8 Å². The smallest absolute Gasteiger partial charge is 0.243 e. The fraction of sp³-hybridized carbons (Fsp3) is 0.333. The Kier molecular flexibility index (Phi) is 6.99. The van der Waals surface area contributed by atoms with Crippen molar-refractivity contribution in [2.75, 3.05) is 20.2 Å². The van der Waals surface area contributed by atoms with E-state index in [0.717, 1.165) is 0 Å². The maximum atomic E-state index is 13.9. The Balaban J connectivity index is 1.45. The number of carbonyl (C=O) groups excluding carboxylic acids is 1. The van der Waals surface area contributed by atoms with Crippen LogP contribution < -0.4 is 10.1 Å². The third-order valence-corrected chi connectivity index (χ3v) is 8.02. The van der Waals surface area contributed by atoms with Gasteiger partial charge in [0.25, 0.3) is 0 Å². The molecule has 2 aromatic carbocycles. The number of amides is 1. The zero-order valence-electron chi connectivity index (χ0n) is 19.0.